The summed E-state index contributed by atoms with van der Waals surface area (Å²) in [4.78, 5) is 62.3. The van der Waals surface area contributed by atoms with Gasteiger partial charge in [-0.05, 0) is 37.5 Å². The summed E-state index contributed by atoms with van der Waals surface area (Å²) >= 11 is 0. The minimum Gasteiger partial charge on any atom is -0.480 e. The smallest absolute Gasteiger partial charge is 0.326 e. The standard InChI is InChI=1S/C21H37N5O6/c1-11(2)10-14(25-19(29)17(23)12(3)4)20(30)26-9-5-6-15(26)18(28)24-13(21(31)32)7-8-16(22)27/h11-15,17H,5-10,23H2,1-4H3,(H2,22,27)(H,24,28)(H,25,29)(H,31,32)/t13-,14-,15-,17-/m0/s1. The maximum absolute atomic E-state index is 13.3. The number of nitrogens with zero attached hydrogens (tertiary/aromatic N) is 1. The predicted molar refractivity (Wildman–Crippen MR) is 117 cm³/mol. The normalized spacial score (nSPS) is 18.8. The Kier molecular flexibility index (Phi) is 10.6. The van der Waals surface area contributed by atoms with Crippen LogP contribution in [0.4, 0.5) is 0 Å². The molecule has 1 aliphatic rings. The summed E-state index contributed by atoms with van der Waals surface area (Å²) in [6, 6.07) is -3.76. The Labute approximate surface area is 188 Å². The van der Waals surface area contributed by atoms with Crippen molar-refractivity contribution < 1.29 is 29.1 Å². The first-order valence-corrected chi connectivity index (χ1v) is 11.0. The van der Waals surface area contributed by atoms with Gasteiger partial charge in [-0.1, -0.05) is 27.7 Å². The molecule has 0 bridgehead atoms. The zero-order valence-corrected chi connectivity index (χ0v) is 19.3. The summed E-state index contributed by atoms with van der Waals surface area (Å²) in [5.74, 6) is -3.41. The third-order valence-corrected chi connectivity index (χ3v) is 5.48. The van der Waals surface area contributed by atoms with E-state index in [-0.39, 0.29) is 24.7 Å². The number of nitrogens with one attached hydrogen (secondary N) is 2. The van der Waals surface area contributed by atoms with Crippen LogP contribution >= 0.6 is 0 Å². The largest absolute Gasteiger partial charge is 0.480 e. The molecule has 1 fully saturated rings. The van der Waals surface area contributed by atoms with Crippen LogP contribution in [0.15, 0.2) is 0 Å². The minimum absolute atomic E-state index is 0.0968. The van der Waals surface area contributed by atoms with Gasteiger partial charge in [-0.3, -0.25) is 19.2 Å². The zero-order valence-electron chi connectivity index (χ0n) is 19.3. The molecule has 182 valence electrons. The number of rotatable bonds is 12. The molecule has 1 heterocycles. The topological polar surface area (TPSA) is 185 Å². The van der Waals surface area contributed by atoms with Crippen molar-refractivity contribution in [1.29, 1.82) is 0 Å². The Balaban J connectivity index is 2.95. The lowest BCUT2D eigenvalue weighted by molar-refractivity contribution is -0.145. The molecule has 0 spiro atoms. The Morgan fingerprint density at radius 3 is 2.19 bits per heavy atom. The maximum Gasteiger partial charge on any atom is 0.326 e. The van der Waals surface area contributed by atoms with Gasteiger partial charge in [-0.2, -0.15) is 0 Å². The number of amides is 4. The Bertz CT molecular complexity index is 711. The lowest BCUT2D eigenvalue weighted by Gasteiger charge is -2.31. The molecule has 0 aromatic heterocycles. The van der Waals surface area contributed by atoms with Crippen LogP contribution in [0.3, 0.4) is 0 Å². The quantitative estimate of drug-likeness (QED) is 0.258. The average Bonchev–Trinajstić information content (AvgIpc) is 3.18. The van der Waals surface area contributed by atoms with Gasteiger partial charge in [0.05, 0.1) is 6.04 Å². The SMILES string of the molecule is CC(C)C[C@H](NC(=O)[C@@H](N)C(C)C)C(=O)N1CCC[C@H]1C(=O)N[C@@H](CCC(N)=O)C(=O)O. The van der Waals surface area contributed by atoms with E-state index < -0.39 is 53.8 Å². The second kappa shape index (κ2) is 12.4. The number of primary amides is 1. The molecule has 4 amide bonds. The molecule has 4 atom stereocenters. The highest BCUT2D eigenvalue weighted by Crippen LogP contribution is 2.21. The summed E-state index contributed by atoms with van der Waals surface area (Å²) in [6.07, 6.45) is 0.972. The Morgan fingerprint density at radius 2 is 1.69 bits per heavy atom. The predicted octanol–water partition coefficient (Wildman–Crippen LogP) is -0.673. The van der Waals surface area contributed by atoms with Crippen LogP contribution < -0.4 is 22.1 Å². The van der Waals surface area contributed by atoms with Gasteiger partial charge in [-0.25, -0.2) is 4.79 Å². The van der Waals surface area contributed by atoms with E-state index in [1.807, 2.05) is 27.7 Å². The molecule has 0 aromatic rings. The highest BCUT2D eigenvalue weighted by molar-refractivity contribution is 5.94. The van der Waals surface area contributed by atoms with Gasteiger partial charge in [0.1, 0.15) is 18.1 Å². The van der Waals surface area contributed by atoms with Gasteiger partial charge in [0.2, 0.25) is 23.6 Å². The zero-order chi connectivity index (χ0) is 24.6. The molecule has 11 nitrogen and oxygen atoms in total. The Hall–Kier alpha value is -2.69. The molecule has 1 saturated heterocycles. The maximum atomic E-state index is 13.3. The van der Waals surface area contributed by atoms with Crippen LogP contribution in [0.1, 0.15) is 59.8 Å². The van der Waals surface area contributed by atoms with E-state index in [4.69, 9.17) is 11.5 Å². The number of aliphatic carboxylic acids is 1. The first kappa shape index (κ1) is 27.3. The lowest BCUT2D eigenvalue weighted by Crippen LogP contribution is -2.57. The molecule has 1 rings (SSSR count). The number of hydrogen-bond donors (Lipinski definition) is 5. The van der Waals surface area contributed by atoms with E-state index >= 15 is 0 Å². The first-order chi connectivity index (χ1) is 14.8. The number of carbonyl (C=O) groups is 5. The van der Waals surface area contributed by atoms with Crippen LogP contribution in [0.25, 0.3) is 0 Å². The minimum atomic E-state index is -1.29. The molecule has 32 heavy (non-hydrogen) atoms. The number of carboxylic acid groups (broad SMARTS) is 1. The van der Waals surface area contributed by atoms with E-state index in [0.717, 1.165) is 0 Å². The van der Waals surface area contributed by atoms with Crippen LogP contribution in [0.5, 0.6) is 0 Å². The second-order valence-corrected chi connectivity index (χ2v) is 9.05. The summed E-state index contributed by atoms with van der Waals surface area (Å²) in [6.45, 7) is 7.76. The third kappa shape index (κ3) is 8.10. The number of carbonyl (C=O) groups excluding carboxylic acids is 4. The fraction of sp³-hybridized carbons (Fsp3) is 0.762. The third-order valence-electron chi connectivity index (χ3n) is 5.48. The van der Waals surface area contributed by atoms with Gasteiger partial charge in [0, 0.05) is 13.0 Å². The van der Waals surface area contributed by atoms with Crippen molar-refractivity contribution in [2.45, 2.75) is 84.0 Å². The van der Waals surface area contributed by atoms with Crippen molar-refractivity contribution in [3.63, 3.8) is 0 Å². The first-order valence-electron chi connectivity index (χ1n) is 11.0. The van der Waals surface area contributed by atoms with E-state index in [1.165, 1.54) is 4.90 Å². The second-order valence-electron chi connectivity index (χ2n) is 9.05. The van der Waals surface area contributed by atoms with Gasteiger partial charge < -0.3 is 32.1 Å². The van der Waals surface area contributed by atoms with Crippen LogP contribution in [0.2, 0.25) is 0 Å². The van der Waals surface area contributed by atoms with E-state index in [9.17, 15) is 29.1 Å². The average molecular weight is 456 g/mol. The van der Waals surface area contributed by atoms with Gasteiger partial charge >= 0.3 is 5.97 Å². The van der Waals surface area contributed by atoms with Crippen LogP contribution in [0, 0.1) is 11.8 Å². The summed E-state index contributed by atoms with van der Waals surface area (Å²) in [7, 11) is 0. The van der Waals surface area contributed by atoms with Gasteiger partial charge in [0.15, 0.2) is 0 Å². The van der Waals surface area contributed by atoms with Crippen molar-refractivity contribution in [3.05, 3.63) is 0 Å². The molecular formula is C21H37N5O6. The van der Waals surface area contributed by atoms with E-state index in [0.29, 0.717) is 25.8 Å². The van der Waals surface area contributed by atoms with E-state index in [2.05, 4.69) is 10.6 Å². The highest BCUT2D eigenvalue weighted by Gasteiger charge is 2.39. The van der Waals surface area contributed by atoms with Crippen molar-refractivity contribution in [3.8, 4) is 0 Å². The molecule has 0 saturated carbocycles. The molecule has 1 aliphatic heterocycles. The van der Waals surface area contributed by atoms with Crippen molar-refractivity contribution in [2.75, 3.05) is 6.54 Å². The molecule has 7 N–H and O–H groups in total. The van der Waals surface area contributed by atoms with Gasteiger partial charge in [-0.15, -0.1) is 0 Å². The monoisotopic (exact) mass is 455 g/mol. The van der Waals surface area contributed by atoms with Crippen LogP contribution in [-0.2, 0) is 24.0 Å². The van der Waals surface area contributed by atoms with E-state index in [1.54, 1.807) is 0 Å². The lowest BCUT2D eigenvalue weighted by atomic mass is 10.00. The molecular weight excluding hydrogens is 418 g/mol. The number of hydrogen-bond acceptors (Lipinski definition) is 6. The number of nitrogens with two attached hydrogens (primary N) is 2. The molecule has 0 unspecified atom stereocenters. The fourth-order valence-corrected chi connectivity index (χ4v) is 3.58. The summed E-state index contributed by atoms with van der Waals surface area (Å²) in [5, 5.41) is 14.5. The number of likely N-dealkylation sites (tertiary alicyclic amines) is 1. The molecule has 11 heteroatoms. The highest BCUT2D eigenvalue weighted by atomic mass is 16.4. The summed E-state index contributed by atoms with van der Waals surface area (Å²) in [5.41, 5.74) is 11.0. The fourth-order valence-electron chi connectivity index (χ4n) is 3.58. The molecule has 0 radical (unpaired) electrons. The van der Waals surface area contributed by atoms with Crippen molar-refractivity contribution in [2.24, 2.45) is 23.3 Å². The van der Waals surface area contributed by atoms with Crippen LogP contribution in [-0.4, -0.2) is 70.3 Å². The van der Waals surface area contributed by atoms with Crippen molar-refractivity contribution >= 4 is 29.6 Å². The Morgan fingerprint density at radius 1 is 1.06 bits per heavy atom. The summed E-state index contributed by atoms with van der Waals surface area (Å²) < 4.78 is 0. The van der Waals surface area contributed by atoms with Crippen molar-refractivity contribution in [1.82, 2.24) is 15.5 Å². The number of carboxylic acids is 1. The molecule has 0 aliphatic carbocycles. The molecule has 0 aromatic carbocycles. The van der Waals surface area contributed by atoms with Gasteiger partial charge in [0.25, 0.3) is 0 Å².